The van der Waals surface area contributed by atoms with Crippen LogP contribution in [0.15, 0.2) is 100.0 Å². The summed E-state index contributed by atoms with van der Waals surface area (Å²) >= 11 is 0. The van der Waals surface area contributed by atoms with Gasteiger partial charge in [-0.15, -0.1) is 0 Å². The Hall–Kier alpha value is -6.86. The number of carbonyl (C=O) groups excluding carboxylic acids is 4. The molecule has 13 nitrogen and oxygen atoms in total. The second kappa shape index (κ2) is 21.2. The van der Waals surface area contributed by atoms with Crippen LogP contribution in [0.2, 0.25) is 0 Å². The number of aliphatic hydroxyl groups is 1. The highest BCUT2D eigenvalue weighted by atomic mass is 16.5. The van der Waals surface area contributed by atoms with Crippen molar-refractivity contribution in [1.29, 1.82) is 0 Å². The Morgan fingerprint density at radius 1 is 0.677 bits per heavy atom. The first-order valence-corrected chi connectivity index (χ1v) is 22.6. The van der Waals surface area contributed by atoms with Crippen molar-refractivity contribution in [3.05, 3.63) is 118 Å². The molecule has 1 saturated heterocycles. The molecule has 0 bridgehead atoms. The van der Waals surface area contributed by atoms with E-state index in [-0.39, 0.29) is 42.7 Å². The van der Waals surface area contributed by atoms with E-state index < -0.39 is 0 Å². The summed E-state index contributed by atoms with van der Waals surface area (Å²) in [6.45, 7) is 9.63. The number of carbonyl (C=O) groups is 4. The summed E-state index contributed by atoms with van der Waals surface area (Å²) in [5.41, 5.74) is 23.1. The van der Waals surface area contributed by atoms with Crippen LogP contribution in [-0.4, -0.2) is 89.7 Å². The molecule has 8 rings (SSSR count). The molecular weight excluding hydrogens is 821 g/mol. The average molecular weight is 879 g/mol. The van der Waals surface area contributed by atoms with E-state index in [1.165, 1.54) is 0 Å². The maximum Gasteiger partial charge on any atom is 0.338 e. The molecule has 4 aliphatic heterocycles. The Bertz CT molecular complexity index is 2570. The van der Waals surface area contributed by atoms with Crippen molar-refractivity contribution in [2.45, 2.75) is 78.2 Å². The van der Waals surface area contributed by atoms with E-state index >= 15 is 0 Å². The number of esters is 2. The Kier molecular flexibility index (Phi) is 15.1. The standard InChI is InChI=1S/C27H31N3O3.C25H27N3O4/c1-3-12-30(13-4-2)26(31)22-15-21-10-9-20(16-24(21)29-25(28)17-22)18-5-7-19(8-6-18)23-11-14-33-27(23)32;1-2-8-28(9-3-10-29)24(30)20-11-18-6-4-17(13-22(18)27-23(26)14-20)16-5-7-19-15-32-25(31)21(19)12-16/h5-10,15-16,23H,3-4,11-14,17H2,1-2H3,(H2,28,29);4-7,11-13,29H,2-3,8-10,14-15H2,1H3,(H2,26,27). The molecule has 4 aliphatic rings. The first kappa shape index (κ1) is 46.1. The van der Waals surface area contributed by atoms with Gasteiger partial charge in [0.1, 0.15) is 18.3 Å². The van der Waals surface area contributed by atoms with E-state index in [1.807, 2.05) is 103 Å². The SMILES string of the molecule is CCCN(CCC)C(=O)C1=Cc2ccc(-c3ccc(C4CCOC4=O)cc3)cc2N=C(N)C1.CCCN(CCCO)C(=O)C1=Cc2ccc(-c3ccc4c(c3)C(=O)OC4)cc2N=C(N)C1. The molecule has 1 unspecified atom stereocenters. The molecule has 2 amide bonds. The number of aliphatic hydroxyl groups excluding tert-OH is 1. The molecule has 65 heavy (non-hydrogen) atoms. The molecular formula is C52H58N6O7. The second-order valence-corrected chi connectivity index (χ2v) is 16.7. The summed E-state index contributed by atoms with van der Waals surface area (Å²) < 4.78 is 10.2. The normalized spacial score (nSPS) is 16.1. The van der Waals surface area contributed by atoms with Crippen LogP contribution in [0.4, 0.5) is 11.4 Å². The lowest BCUT2D eigenvalue weighted by atomic mass is 9.94. The van der Waals surface area contributed by atoms with Gasteiger partial charge in [0.25, 0.3) is 0 Å². The molecule has 0 aromatic heterocycles. The van der Waals surface area contributed by atoms with Gasteiger partial charge in [-0.2, -0.15) is 0 Å². The highest BCUT2D eigenvalue weighted by Gasteiger charge is 2.28. The third-order valence-electron chi connectivity index (χ3n) is 11.8. The number of amidine groups is 2. The summed E-state index contributed by atoms with van der Waals surface area (Å²) in [6, 6.07) is 25.5. The van der Waals surface area contributed by atoms with Crippen LogP contribution in [0.3, 0.4) is 0 Å². The van der Waals surface area contributed by atoms with Crippen molar-refractivity contribution in [3.8, 4) is 22.3 Å². The van der Waals surface area contributed by atoms with Crippen molar-refractivity contribution in [2.24, 2.45) is 21.5 Å². The second-order valence-electron chi connectivity index (χ2n) is 16.7. The number of nitrogens with two attached hydrogens (primary N) is 2. The monoisotopic (exact) mass is 878 g/mol. The lowest BCUT2D eigenvalue weighted by Gasteiger charge is -2.23. The maximum atomic E-state index is 13.2. The number of hydrogen-bond donors (Lipinski definition) is 3. The first-order valence-electron chi connectivity index (χ1n) is 22.6. The van der Waals surface area contributed by atoms with Crippen molar-refractivity contribution in [3.63, 3.8) is 0 Å². The van der Waals surface area contributed by atoms with Crippen LogP contribution >= 0.6 is 0 Å². The summed E-state index contributed by atoms with van der Waals surface area (Å²) in [5, 5.41) is 9.16. The topological polar surface area (TPSA) is 190 Å². The van der Waals surface area contributed by atoms with Gasteiger partial charge >= 0.3 is 11.9 Å². The Morgan fingerprint density at radius 3 is 1.71 bits per heavy atom. The lowest BCUT2D eigenvalue weighted by Crippen LogP contribution is -2.35. The van der Waals surface area contributed by atoms with Gasteiger partial charge in [0.2, 0.25) is 11.8 Å². The van der Waals surface area contributed by atoms with Gasteiger partial charge < -0.3 is 35.8 Å². The number of hydrogen-bond acceptors (Lipinski definition) is 11. The number of aliphatic imine (C=N–C) groups is 2. The molecule has 0 saturated carbocycles. The summed E-state index contributed by atoms with van der Waals surface area (Å²) in [5.74, 6) is 0.151. The molecule has 338 valence electrons. The quantitative estimate of drug-likeness (QED) is 0.105. The molecule has 1 atom stereocenters. The highest BCUT2D eigenvalue weighted by molar-refractivity contribution is 6.07. The Labute approximate surface area is 380 Å². The number of benzene rings is 4. The van der Waals surface area contributed by atoms with Crippen molar-refractivity contribution < 1.29 is 33.8 Å². The molecule has 0 aliphatic carbocycles. The van der Waals surface area contributed by atoms with E-state index in [4.69, 9.17) is 26.0 Å². The zero-order chi connectivity index (χ0) is 46.0. The fourth-order valence-electron chi connectivity index (χ4n) is 8.52. The van der Waals surface area contributed by atoms with E-state index in [9.17, 15) is 19.2 Å². The van der Waals surface area contributed by atoms with Crippen molar-refractivity contribution in [2.75, 3.05) is 39.4 Å². The summed E-state index contributed by atoms with van der Waals surface area (Å²) in [7, 11) is 0. The molecule has 5 N–H and O–H groups in total. The molecule has 4 aromatic carbocycles. The van der Waals surface area contributed by atoms with E-state index in [1.54, 1.807) is 4.90 Å². The molecule has 0 spiro atoms. The first-order chi connectivity index (χ1) is 31.5. The summed E-state index contributed by atoms with van der Waals surface area (Å²) in [4.78, 5) is 62.9. The maximum absolute atomic E-state index is 13.2. The Balaban J connectivity index is 0.000000194. The molecule has 13 heteroatoms. The average Bonchev–Trinajstić information content (AvgIpc) is 3.80. The fourth-order valence-corrected chi connectivity index (χ4v) is 8.52. The fraction of sp³-hybridized carbons (Fsp3) is 0.346. The van der Waals surface area contributed by atoms with Crippen LogP contribution < -0.4 is 11.5 Å². The van der Waals surface area contributed by atoms with Crippen LogP contribution in [0.25, 0.3) is 34.4 Å². The van der Waals surface area contributed by atoms with Gasteiger partial charge in [0.15, 0.2) is 0 Å². The highest BCUT2D eigenvalue weighted by Crippen LogP contribution is 2.36. The van der Waals surface area contributed by atoms with Gasteiger partial charge in [-0.25, -0.2) is 14.8 Å². The lowest BCUT2D eigenvalue weighted by molar-refractivity contribution is -0.139. The van der Waals surface area contributed by atoms with Crippen LogP contribution in [-0.2, 0) is 30.5 Å². The minimum atomic E-state index is -0.303. The van der Waals surface area contributed by atoms with Crippen molar-refractivity contribution in [1.82, 2.24) is 9.80 Å². The molecule has 0 radical (unpaired) electrons. The van der Waals surface area contributed by atoms with Crippen LogP contribution in [0.5, 0.6) is 0 Å². The van der Waals surface area contributed by atoms with Gasteiger partial charge in [-0.1, -0.05) is 81.4 Å². The van der Waals surface area contributed by atoms with E-state index in [2.05, 4.69) is 23.8 Å². The van der Waals surface area contributed by atoms with Crippen molar-refractivity contribution >= 4 is 59.0 Å². The largest absolute Gasteiger partial charge is 0.465 e. The molecule has 4 aromatic rings. The smallest absolute Gasteiger partial charge is 0.338 e. The number of cyclic esters (lactones) is 2. The number of amides is 2. The number of nitrogens with zero attached hydrogens (tertiary/aromatic N) is 4. The molecule has 4 heterocycles. The molecule has 1 fully saturated rings. The predicted octanol–water partition coefficient (Wildman–Crippen LogP) is 8.23. The van der Waals surface area contributed by atoms with Crippen LogP contribution in [0, 0.1) is 0 Å². The zero-order valence-electron chi connectivity index (χ0n) is 37.5. The number of ether oxygens (including phenoxy) is 2. The van der Waals surface area contributed by atoms with Gasteiger partial charge in [0.05, 0.1) is 29.5 Å². The third kappa shape index (κ3) is 10.9. The van der Waals surface area contributed by atoms with Crippen LogP contribution in [0.1, 0.15) is 104 Å². The minimum Gasteiger partial charge on any atom is -0.465 e. The predicted molar refractivity (Wildman–Crippen MR) is 255 cm³/mol. The van der Waals surface area contributed by atoms with E-state index in [0.717, 1.165) is 89.0 Å². The zero-order valence-corrected chi connectivity index (χ0v) is 37.5. The van der Waals surface area contributed by atoms with Gasteiger partial charge in [-0.05, 0) is 90.3 Å². The third-order valence-corrected chi connectivity index (χ3v) is 11.8. The van der Waals surface area contributed by atoms with E-state index in [0.29, 0.717) is 73.2 Å². The summed E-state index contributed by atoms with van der Waals surface area (Å²) in [6.07, 6.45) is 8.34. The van der Waals surface area contributed by atoms with Gasteiger partial charge in [-0.3, -0.25) is 14.4 Å². The number of fused-ring (bicyclic) bond motifs is 3. The Morgan fingerprint density at radius 2 is 1.18 bits per heavy atom. The van der Waals surface area contributed by atoms with Gasteiger partial charge in [0, 0.05) is 73.5 Å². The minimum absolute atomic E-state index is 0.0369. The number of rotatable bonds is 14.